The van der Waals surface area contributed by atoms with Gasteiger partial charge < -0.3 is 20.5 Å². The van der Waals surface area contributed by atoms with E-state index >= 15 is 0 Å². The Bertz CT molecular complexity index is 293. The van der Waals surface area contributed by atoms with Gasteiger partial charge in [0, 0.05) is 25.7 Å². The van der Waals surface area contributed by atoms with Gasteiger partial charge in [-0.25, -0.2) is 0 Å². The van der Waals surface area contributed by atoms with Crippen molar-refractivity contribution in [1.29, 1.82) is 0 Å². The lowest BCUT2D eigenvalue weighted by atomic mass is 10.1. The Kier molecular flexibility index (Phi) is 9.69. The highest BCUT2D eigenvalue weighted by Crippen LogP contribution is 2.09. The third kappa shape index (κ3) is 8.55. The van der Waals surface area contributed by atoms with Crippen molar-refractivity contribution < 1.29 is 9.84 Å². The number of likely N-dealkylation sites (tertiary alicyclic amines) is 1. The second-order valence-electron chi connectivity index (χ2n) is 5.55. The molecule has 2 unspecified atom stereocenters. The first-order chi connectivity index (χ1) is 9.72. The van der Waals surface area contributed by atoms with Crippen molar-refractivity contribution in [3.63, 3.8) is 0 Å². The van der Waals surface area contributed by atoms with Crippen molar-refractivity contribution in [2.75, 3.05) is 32.8 Å². The van der Waals surface area contributed by atoms with Crippen LogP contribution in [0.4, 0.5) is 0 Å². The van der Waals surface area contributed by atoms with Gasteiger partial charge in [0.25, 0.3) is 0 Å². The molecule has 20 heavy (non-hydrogen) atoms. The molecule has 0 saturated carbocycles. The first-order valence-electron chi connectivity index (χ1n) is 7.88. The van der Waals surface area contributed by atoms with Gasteiger partial charge in [-0.05, 0) is 52.2 Å². The summed E-state index contributed by atoms with van der Waals surface area (Å²) in [7, 11) is 0. The first kappa shape index (κ1) is 17.5. The maximum Gasteiger partial charge on any atom is 0.116 e. The van der Waals surface area contributed by atoms with Crippen LogP contribution in [0.25, 0.3) is 0 Å². The van der Waals surface area contributed by atoms with E-state index in [2.05, 4.69) is 16.7 Å². The molecule has 2 atom stereocenters. The molecule has 4 heteroatoms. The van der Waals surface area contributed by atoms with Crippen LogP contribution in [0, 0.1) is 11.8 Å². The zero-order valence-corrected chi connectivity index (χ0v) is 12.8. The number of piperidine rings is 1. The van der Waals surface area contributed by atoms with Gasteiger partial charge >= 0.3 is 0 Å². The van der Waals surface area contributed by atoms with Gasteiger partial charge in [0.2, 0.25) is 0 Å². The molecule has 116 valence electrons. The molecule has 3 N–H and O–H groups in total. The standard InChI is InChI=1S/C16H30N2O2/c1-2-6-16(19)9-14-20-13-8-15(17)7-12-18-10-4-3-5-11-18/h15-16,19H,3-5,7-14,17H2,1H3. The summed E-state index contributed by atoms with van der Waals surface area (Å²) in [5.41, 5.74) is 6.10. The molecule has 0 aromatic rings. The SMILES string of the molecule is CC#CC(O)CCOCCC(N)CCN1CCCCC1. The maximum atomic E-state index is 9.40. The molecule has 0 radical (unpaired) electrons. The summed E-state index contributed by atoms with van der Waals surface area (Å²) in [5.74, 6) is 5.39. The van der Waals surface area contributed by atoms with E-state index in [1.54, 1.807) is 6.92 Å². The molecular weight excluding hydrogens is 252 g/mol. The Labute approximate surface area is 123 Å². The van der Waals surface area contributed by atoms with Gasteiger partial charge in [0.1, 0.15) is 6.10 Å². The van der Waals surface area contributed by atoms with Gasteiger partial charge in [0.15, 0.2) is 0 Å². The van der Waals surface area contributed by atoms with Gasteiger partial charge in [-0.2, -0.15) is 0 Å². The normalized spacial score (nSPS) is 19.1. The van der Waals surface area contributed by atoms with Gasteiger partial charge in [-0.1, -0.05) is 12.3 Å². The van der Waals surface area contributed by atoms with Crippen LogP contribution in [-0.2, 0) is 4.74 Å². The van der Waals surface area contributed by atoms with E-state index in [1.165, 1.54) is 32.4 Å². The summed E-state index contributed by atoms with van der Waals surface area (Å²) in [6, 6.07) is 0.220. The lowest BCUT2D eigenvalue weighted by molar-refractivity contribution is 0.0951. The Morgan fingerprint density at radius 3 is 2.55 bits per heavy atom. The van der Waals surface area contributed by atoms with Crippen LogP contribution in [-0.4, -0.2) is 55.0 Å². The lowest BCUT2D eigenvalue weighted by Gasteiger charge is -2.27. The fraction of sp³-hybridized carbons (Fsp3) is 0.875. The van der Waals surface area contributed by atoms with E-state index in [-0.39, 0.29) is 6.04 Å². The van der Waals surface area contributed by atoms with Crippen molar-refractivity contribution in [1.82, 2.24) is 4.90 Å². The fourth-order valence-electron chi connectivity index (χ4n) is 2.45. The average molecular weight is 282 g/mol. The summed E-state index contributed by atoms with van der Waals surface area (Å²) in [6.07, 6.45) is 6.00. The Morgan fingerprint density at radius 1 is 1.15 bits per heavy atom. The second kappa shape index (κ2) is 11.1. The van der Waals surface area contributed by atoms with E-state index in [0.29, 0.717) is 19.6 Å². The highest BCUT2D eigenvalue weighted by atomic mass is 16.5. The number of ether oxygens (including phenoxy) is 1. The van der Waals surface area contributed by atoms with Crippen LogP contribution in [0.2, 0.25) is 0 Å². The van der Waals surface area contributed by atoms with Crippen molar-refractivity contribution in [2.24, 2.45) is 5.73 Å². The monoisotopic (exact) mass is 282 g/mol. The van der Waals surface area contributed by atoms with Crippen LogP contribution < -0.4 is 5.73 Å². The molecule has 0 amide bonds. The van der Waals surface area contributed by atoms with Crippen LogP contribution >= 0.6 is 0 Å². The molecule has 1 saturated heterocycles. The molecule has 1 fully saturated rings. The van der Waals surface area contributed by atoms with E-state index in [4.69, 9.17) is 10.5 Å². The Morgan fingerprint density at radius 2 is 1.85 bits per heavy atom. The quantitative estimate of drug-likeness (QED) is 0.495. The van der Waals surface area contributed by atoms with E-state index in [0.717, 1.165) is 19.4 Å². The molecule has 1 aliphatic rings. The Balaban J connectivity index is 1.93. The maximum absolute atomic E-state index is 9.40. The number of aliphatic hydroxyl groups is 1. The molecule has 0 aromatic carbocycles. The van der Waals surface area contributed by atoms with E-state index < -0.39 is 6.10 Å². The van der Waals surface area contributed by atoms with Gasteiger partial charge in [-0.15, -0.1) is 5.92 Å². The molecule has 1 rings (SSSR count). The zero-order valence-electron chi connectivity index (χ0n) is 12.8. The van der Waals surface area contributed by atoms with E-state index in [9.17, 15) is 5.11 Å². The summed E-state index contributed by atoms with van der Waals surface area (Å²) < 4.78 is 5.49. The predicted octanol–water partition coefficient (Wildman–Crippen LogP) is 1.37. The molecular formula is C16H30N2O2. The van der Waals surface area contributed by atoms with Crippen LogP contribution in [0.5, 0.6) is 0 Å². The highest BCUT2D eigenvalue weighted by Gasteiger charge is 2.11. The van der Waals surface area contributed by atoms with Crippen molar-refractivity contribution in [3.8, 4) is 11.8 Å². The fourth-order valence-corrected chi connectivity index (χ4v) is 2.45. The smallest absolute Gasteiger partial charge is 0.116 e. The summed E-state index contributed by atoms with van der Waals surface area (Å²) >= 11 is 0. The minimum atomic E-state index is -0.562. The predicted molar refractivity (Wildman–Crippen MR) is 82.4 cm³/mol. The molecule has 1 aliphatic heterocycles. The summed E-state index contributed by atoms with van der Waals surface area (Å²) in [5, 5.41) is 9.40. The third-order valence-corrected chi connectivity index (χ3v) is 3.74. The molecule has 0 aliphatic carbocycles. The van der Waals surface area contributed by atoms with E-state index in [1.807, 2.05) is 0 Å². The van der Waals surface area contributed by atoms with Gasteiger partial charge in [0.05, 0.1) is 0 Å². The molecule has 0 aromatic heterocycles. The van der Waals surface area contributed by atoms with Crippen LogP contribution in [0.3, 0.4) is 0 Å². The minimum absolute atomic E-state index is 0.220. The number of nitrogens with two attached hydrogens (primary N) is 1. The Hall–Kier alpha value is -0.600. The highest BCUT2D eigenvalue weighted by molar-refractivity contribution is 5.01. The minimum Gasteiger partial charge on any atom is -0.381 e. The summed E-state index contributed by atoms with van der Waals surface area (Å²) in [4.78, 5) is 2.52. The van der Waals surface area contributed by atoms with Crippen LogP contribution in [0.1, 0.15) is 45.4 Å². The zero-order chi connectivity index (χ0) is 14.6. The van der Waals surface area contributed by atoms with Crippen LogP contribution in [0.15, 0.2) is 0 Å². The van der Waals surface area contributed by atoms with Crippen molar-refractivity contribution >= 4 is 0 Å². The molecule has 0 bridgehead atoms. The molecule has 4 nitrogen and oxygen atoms in total. The summed E-state index contributed by atoms with van der Waals surface area (Å²) in [6.45, 7) is 6.54. The number of nitrogens with zero attached hydrogens (tertiary/aromatic N) is 1. The number of hydrogen-bond acceptors (Lipinski definition) is 4. The van der Waals surface area contributed by atoms with Gasteiger partial charge in [-0.3, -0.25) is 0 Å². The number of aliphatic hydroxyl groups excluding tert-OH is 1. The second-order valence-corrected chi connectivity index (χ2v) is 5.55. The third-order valence-electron chi connectivity index (χ3n) is 3.74. The number of hydrogen-bond donors (Lipinski definition) is 2. The average Bonchev–Trinajstić information content (AvgIpc) is 2.46. The first-order valence-corrected chi connectivity index (χ1v) is 7.88. The molecule has 1 heterocycles. The van der Waals surface area contributed by atoms with Crippen molar-refractivity contribution in [3.05, 3.63) is 0 Å². The largest absolute Gasteiger partial charge is 0.381 e. The molecule has 0 spiro atoms. The lowest BCUT2D eigenvalue weighted by Crippen LogP contribution is -2.34. The topological polar surface area (TPSA) is 58.7 Å². The van der Waals surface area contributed by atoms with Crippen molar-refractivity contribution in [2.45, 2.75) is 57.6 Å². The number of rotatable bonds is 9.